The topological polar surface area (TPSA) is 50.9 Å². The zero-order valence-corrected chi connectivity index (χ0v) is 11.7. The molecule has 0 aliphatic heterocycles. The number of nitrogens with one attached hydrogen (secondary N) is 1. The molecule has 106 valence electrons. The van der Waals surface area contributed by atoms with Crippen molar-refractivity contribution in [2.75, 3.05) is 0 Å². The summed E-state index contributed by atoms with van der Waals surface area (Å²) in [6.45, 7) is 1.74. The molecule has 1 aromatic heterocycles. The van der Waals surface area contributed by atoms with Crippen molar-refractivity contribution in [3.8, 4) is 0 Å². The summed E-state index contributed by atoms with van der Waals surface area (Å²) in [4.78, 5) is 4.43. The van der Waals surface area contributed by atoms with Crippen molar-refractivity contribution in [1.82, 2.24) is 10.4 Å². The third kappa shape index (κ3) is 2.51. The fraction of sp³-hybridized carbons (Fsp3) is 0.118. The summed E-state index contributed by atoms with van der Waals surface area (Å²) in [5.41, 5.74) is 5.95. The van der Waals surface area contributed by atoms with Crippen LogP contribution < -0.4 is 11.3 Å². The molecular weight excluding hydrogens is 265 g/mol. The number of rotatable bonds is 3. The molecule has 0 radical (unpaired) electrons. The summed E-state index contributed by atoms with van der Waals surface area (Å²) in [6, 6.07) is 14.6. The van der Waals surface area contributed by atoms with Crippen LogP contribution in [0.25, 0.3) is 10.9 Å². The molecule has 3 N–H and O–H groups in total. The van der Waals surface area contributed by atoms with Crippen molar-refractivity contribution in [2.45, 2.75) is 13.0 Å². The van der Waals surface area contributed by atoms with E-state index in [9.17, 15) is 4.39 Å². The molecule has 0 aliphatic rings. The first-order valence-corrected chi connectivity index (χ1v) is 6.76. The van der Waals surface area contributed by atoms with Crippen LogP contribution in [-0.4, -0.2) is 4.98 Å². The van der Waals surface area contributed by atoms with Crippen LogP contribution in [0.2, 0.25) is 0 Å². The van der Waals surface area contributed by atoms with Gasteiger partial charge in [0.15, 0.2) is 0 Å². The van der Waals surface area contributed by atoms with Gasteiger partial charge in [-0.25, -0.2) is 9.82 Å². The highest BCUT2D eigenvalue weighted by atomic mass is 19.1. The Bertz CT molecular complexity index is 781. The van der Waals surface area contributed by atoms with E-state index in [0.29, 0.717) is 5.56 Å². The number of aromatic nitrogens is 1. The maximum absolute atomic E-state index is 13.8. The van der Waals surface area contributed by atoms with E-state index in [1.807, 2.05) is 36.4 Å². The molecule has 3 nitrogen and oxygen atoms in total. The monoisotopic (exact) mass is 281 g/mol. The van der Waals surface area contributed by atoms with Crippen LogP contribution in [0.15, 0.2) is 54.7 Å². The van der Waals surface area contributed by atoms with Gasteiger partial charge in [-0.3, -0.25) is 10.8 Å². The van der Waals surface area contributed by atoms with Gasteiger partial charge in [-0.15, -0.1) is 0 Å². The largest absolute Gasteiger partial charge is 0.271 e. The summed E-state index contributed by atoms with van der Waals surface area (Å²) in [7, 11) is 0. The highest BCUT2D eigenvalue weighted by Crippen LogP contribution is 2.28. The number of hydrazine groups is 1. The molecule has 1 heterocycles. The van der Waals surface area contributed by atoms with Crippen molar-refractivity contribution in [3.05, 3.63) is 77.2 Å². The summed E-state index contributed by atoms with van der Waals surface area (Å²) in [6.07, 6.45) is 1.75. The normalized spacial score (nSPS) is 12.5. The number of halogens is 1. The van der Waals surface area contributed by atoms with Crippen molar-refractivity contribution >= 4 is 10.9 Å². The van der Waals surface area contributed by atoms with Gasteiger partial charge in [0, 0.05) is 17.1 Å². The fourth-order valence-corrected chi connectivity index (χ4v) is 2.51. The average molecular weight is 281 g/mol. The zero-order valence-electron chi connectivity index (χ0n) is 11.7. The van der Waals surface area contributed by atoms with Gasteiger partial charge < -0.3 is 0 Å². The average Bonchev–Trinajstić information content (AvgIpc) is 2.52. The van der Waals surface area contributed by atoms with Gasteiger partial charge in [0.1, 0.15) is 5.82 Å². The van der Waals surface area contributed by atoms with Crippen LogP contribution in [0.3, 0.4) is 0 Å². The number of hydrogen-bond donors (Lipinski definition) is 2. The molecule has 4 heteroatoms. The second-order valence-corrected chi connectivity index (χ2v) is 5.03. The number of fused-ring (bicyclic) bond motifs is 1. The number of benzene rings is 2. The molecule has 0 saturated heterocycles. The second-order valence-electron chi connectivity index (χ2n) is 5.03. The minimum absolute atomic E-state index is 0.235. The van der Waals surface area contributed by atoms with E-state index in [1.165, 1.54) is 6.07 Å². The van der Waals surface area contributed by atoms with Crippen LogP contribution in [0.4, 0.5) is 4.39 Å². The van der Waals surface area contributed by atoms with E-state index >= 15 is 0 Å². The molecule has 21 heavy (non-hydrogen) atoms. The summed E-state index contributed by atoms with van der Waals surface area (Å²) in [5.74, 6) is 5.48. The summed E-state index contributed by atoms with van der Waals surface area (Å²) < 4.78 is 13.8. The Balaban J connectivity index is 2.16. The van der Waals surface area contributed by atoms with Crippen molar-refractivity contribution < 1.29 is 4.39 Å². The maximum Gasteiger partial charge on any atom is 0.126 e. The van der Waals surface area contributed by atoms with Gasteiger partial charge in [-0.05, 0) is 30.2 Å². The molecule has 0 spiro atoms. The Morgan fingerprint density at radius 2 is 1.95 bits per heavy atom. The van der Waals surface area contributed by atoms with Gasteiger partial charge in [0.25, 0.3) is 0 Å². The minimum atomic E-state index is -0.307. The molecule has 1 atom stereocenters. The predicted octanol–water partition coefficient (Wildman–Crippen LogP) is 3.24. The van der Waals surface area contributed by atoms with Crippen LogP contribution in [0, 0.1) is 12.7 Å². The SMILES string of the molecule is Cc1ccc(C(NN)c2cccc3cccnc23)cc1F. The molecular formula is C17H16FN3. The number of nitrogens with zero attached hydrogens (tertiary/aromatic N) is 1. The smallest absolute Gasteiger partial charge is 0.126 e. The van der Waals surface area contributed by atoms with Gasteiger partial charge in [-0.2, -0.15) is 0 Å². The van der Waals surface area contributed by atoms with Gasteiger partial charge in [0.2, 0.25) is 0 Å². The van der Waals surface area contributed by atoms with Crippen molar-refractivity contribution in [1.29, 1.82) is 0 Å². The van der Waals surface area contributed by atoms with E-state index in [-0.39, 0.29) is 11.9 Å². The molecule has 0 amide bonds. The number of pyridine rings is 1. The Morgan fingerprint density at radius 3 is 2.71 bits per heavy atom. The minimum Gasteiger partial charge on any atom is -0.271 e. The number of hydrogen-bond acceptors (Lipinski definition) is 3. The molecule has 0 bridgehead atoms. The van der Waals surface area contributed by atoms with Gasteiger partial charge in [-0.1, -0.05) is 36.4 Å². The molecule has 0 saturated carbocycles. The quantitative estimate of drug-likeness (QED) is 0.572. The Hall–Kier alpha value is -2.30. The molecule has 0 aliphatic carbocycles. The third-order valence-electron chi connectivity index (χ3n) is 3.67. The summed E-state index contributed by atoms with van der Waals surface area (Å²) in [5, 5.41) is 1.03. The number of nitrogens with two attached hydrogens (primary N) is 1. The fourth-order valence-electron chi connectivity index (χ4n) is 2.51. The lowest BCUT2D eigenvalue weighted by Gasteiger charge is -2.18. The Kier molecular flexibility index (Phi) is 3.64. The maximum atomic E-state index is 13.8. The van der Waals surface area contributed by atoms with Crippen molar-refractivity contribution in [2.24, 2.45) is 5.84 Å². The molecule has 3 rings (SSSR count). The highest BCUT2D eigenvalue weighted by Gasteiger charge is 2.16. The molecule has 0 fully saturated rings. The van der Waals surface area contributed by atoms with Gasteiger partial charge >= 0.3 is 0 Å². The Labute approximate surface area is 122 Å². The first-order chi connectivity index (χ1) is 10.2. The Morgan fingerprint density at radius 1 is 1.14 bits per heavy atom. The summed E-state index contributed by atoms with van der Waals surface area (Å²) >= 11 is 0. The van der Waals surface area contributed by atoms with E-state index in [1.54, 1.807) is 19.2 Å². The second kappa shape index (κ2) is 5.60. The van der Waals surface area contributed by atoms with Gasteiger partial charge in [0.05, 0.1) is 11.6 Å². The lowest BCUT2D eigenvalue weighted by Crippen LogP contribution is -2.29. The first-order valence-electron chi connectivity index (χ1n) is 6.76. The van der Waals surface area contributed by atoms with Crippen LogP contribution in [-0.2, 0) is 0 Å². The van der Waals surface area contributed by atoms with Crippen LogP contribution in [0.5, 0.6) is 0 Å². The van der Waals surface area contributed by atoms with E-state index < -0.39 is 0 Å². The zero-order chi connectivity index (χ0) is 14.8. The molecule has 1 unspecified atom stereocenters. The molecule has 2 aromatic carbocycles. The van der Waals surface area contributed by atoms with Crippen molar-refractivity contribution in [3.63, 3.8) is 0 Å². The highest BCUT2D eigenvalue weighted by molar-refractivity contribution is 5.82. The standard InChI is InChI=1S/C17H16FN3/c1-11-7-8-13(10-15(11)18)17(21-19)14-6-2-4-12-5-3-9-20-16(12)14/h2-10,17,21H,19H2,1H3. The van der Waals surface area contributed by atoms with E-state index in [2.05, 4.69) is 10.4 Å². The van der Waals surface area contributed by atoms with Crippen LogP contribution in [0.1, 0.15) is 22.7 Å². The number of para-hydroxylation sites is 1. The molecule has 3 aromatic rings. The lowest BCUT2D eigenvalue weighted by atomic mass is 9.96. The third-order valence-corrected chi connectivity index (χ3v) is 3.67. The number of aryl methyl sites for hydroxylation is 1. The van der Waals surface area contributed by atoms with E-state index in [0.717, 1.165) is 22.0 Å². The predicted molar refractivity (Wildman–Crippen MR) is 82.0 cm³/mol. The van der Waals surface area contributed by atoms with E-state index in [4.69, 9.17) is 5.84 Å². The lowest BCUT2D eigenvalue weighted by molar-refractivity contribution is 0.600. The first kappa shape index (κ1) is 13.7. The van der Waals surface area contributed by atoms with Crippen LogP contribution >= 0.6 is 0 Å².